The van der Waals surface area contributed by atoms with Crippen LogP contribution in [-0.4, -0.2) is 68.1 Å². The lowest BCUT2D eigenvalue weighted by Crippen LogP contribution is -2.13. The zero-order chi connectivity index (χ0) is 13.7. The van der Waals surface area contributed by atoms with Gasteiger partial charge in [0.2, 0.25) is 0 Å². The Morgan fingerprint density at radius 1 is 0.938 bits per heavy atom. The Kier molecular flexibility index (Phi) is 18.4. The van der Waals surface area contributed by atoms with Crippen molar-refractivity contribution in [2.45, 2.75) is 39.1 Å². The van der Waals surface area contributed by atoms with E-state index in [2.05, 4.69) is 0 Å². The maximum absolute atomic E-state index is 9.45. The number of hydrogen-bond donors (Lipinski definition) is 6. The van der Waals surface area contributed by atoms with Gasteiger partial charge in [0, 0.05) is 0 Å². The third-order valence-corrected chi connectivity index (χ3v) is 0.886. The first-order valence-corrected chi connectivity index (χ1v) is 4.67. The van der Waals surface area contributed by atoms with Gasteiger partial charge in [-0.2, -0.15) is 0 Å². The van der Waals surface area contributed by atoms with Crippen molar-refractivity contribution >= 4 is 5.97 Å². The summed E-state index contributed by atoms with van der Waals surface area (Å²) in [6.07, 6.45) is -2.35. The van der Waals surface area contributed by atoms with Crippen molar-refractivity contribution in [2.75, 3.05) is 13.2 Å². The van der Waals surface area contributed by atoms with Crippen molar-refractivity contribution in [1.82, 2.24) is 0 Å². The molecule has 6 N–H and O–H groups in total. The minimum absolute atomic E-state index is 0.139. The number of aliphatic carboxylic acids is 1. The molecule has 0 radical (unpaired) electrons. The smallest absolute Gasteiger partial charge is 0.332 e. The summed E-state index contributed by atoms with van der Waals surface area (Å²) < 4.78 is 0. The molecule has 0 heterocycles. The second kappa shape index (κ2) is 14.3. The maximum atomic E-state index is 9.45. The van der Waals surface area contributed by atoms with E-state index < -0.39 is 24.3 Å². The van der Waals surface area contributed by atoms with Gasteiger partial charge in [-0.25, -0.2) is 4.79 Å². The van der Waals surface area contributed by atoms with E-state index in [4.69, 9.17) is 30.6 Å². The molecular weight excluding hydrogens is 220 g/mol. The van der Waals surface area contributed by atoms with Crippen LogP contribution in [0.15, 0.2) is 0 Å². The predicted octanol–water partition coefficient (Wildman–Crippen LogP) is -1.83. The molecule has 100 valence electrons. The first kappa shape index (κ1) is 20.7. The van der Waals surface area contributed by atoms with E-state index in [-0.39, 0.29) is 13.2 Å². The molecule has 3 unspecified atom stereocenters. The number of carboxylic acids is 1. The average molecular weight is 242 g/mol. The molecule has 0 rings (SSSR count). The van der Waals surface area contributed by atoms with Gasteiger partial charge in [-0.15, -0.1) is 0 Å². The normalized spacial score (nSPS) is 14.5. The van der Waals surface area contributed by atoms with E-state index in [1.807, 2.05) is 0 Å². The quantitative estimate of drug-likeness (QED) is 0.342. The van der Waals surface area contributed by atoms with Crippen LogP contribution in [0.5, 0.6) is 0 Å². The van der Waals surface area contributed by atoms with Gasteiger partial charge in [0.25, 0.3) is 0 Å². The van der Waals surface area contributed by atoms with Gasteiger partial charge in [-0.3, -0.25) is 0 Å². The van der Waals surface area contributed by atoms with Gasteiger partial charge in [-0.05, 0) is 20.8 Å². The Balaban J connectivity index is -0.000000160. The fraction of sp³-hybridized carbons (Fsp3) is 0.889. The molecule has 0 spiro atoms. The molecule has 0 aromatic carbocycles. The van der Waals surface area contributed by atoms with Crippen LogP contribution < -0.4 is 0 Å². The van der Waals surface area contributed by atoms with Gasteiger partial charge in [-0.1, -0.05) is 0 Å². The van der Waals surface area contributed by atoms with E-state index in [0.717, 1.165) is 0 Å². The molecule has 0 bridgehead atoms. The van der Waals surface area contributed by atoms with E-state index in [1.54, 1.807) is 0 Å². The third kappa shape index (κ3) is 37.8. The van der Waals surface area contributed by atoms with Crippen molar-refractivity contribution in [1.29, 1.82) is 0 Å². The highest BCUT2D eigenvalue weighted by Gasteiger charge is 2.01. The number of aliphatic hydroxyl groups is 5. The van der Waals surface area contributed by atoms with Crippen LogP contribution in [0.25, 0.3) is 0 Å². The highest BCUT2D eigenvalue weighted by atomic mass is 16.4. The lowest BCUT2D eigenvalue weighted by atomic mass is 10.4. The molecule has 0 aliphatic heterocycles. The Morgan fingerprint density at radius 2 is 1.06 bits per heavy atom. The standard InChI is InChI=1S/C3H6O3.2C3H8O2/c1-2(4)3(5)6;2*1-3(5)2-4/h2,4H,1H3,(H,5,6);2*3-5H,2H2,1H3. The summed E-state index contributed by atoms with van der Waals surface area (Å²) in [6.45, 7) is 3.97. The van der Waals surface area contributed by atoms with Crippen LogP contribution in [0, 0.1) is 0 Å². The Morgan fingerprint density at radius 3 is 1.06 bits per heavy atom. The number of rotatable bonds is 3. The molecule has 3 atom stereocenters. The first-order chi connectivity index (χ1) is 7.18. The van der Waals surface area contributed by atoms with Crippen LogP contribution in [-0.2, 0) is 4.79 Å². The summed E-state index contributed by atoms with van der Waals surface area (Å²) in [4.78, 5) is 9.45. The van der Waals surface area contributed by atoms with Gasteiger partial charge >= 0.3 is 5.97 Å². The zero-order valence-corrected chi connectivity index (χ0v) is 9.74. The zero-order valence-electron chi connectivity index (χ0n) is 9.74. The van der Waals surface area contributed by atoms with Crippen molar-refractivity contribution in [3.8, 4) is 0 Å². The van der Waals surface area contributed by atoms with E-state index in [9.17, 15) is 4.79 Å². The average Bonchev–Trinajstić information content (AvgIpc) is 2.19. The molecule has 0 aromatic rings. The van der Waals surface area contributed by atoms with Crippen LogP contribution in [0.2, 0.25) is 0 Å². The SMILES string of the molecule is CC(O)C(=O)O.CC(O)CO.CC(O)CO. The highest BCUT2D eigenvalue weighted by molar-refractivity contribution is 5.71. The fourth-order valence-electron chi connectivity index (χ4n) is 0. The molecule has 16 heavy (non-hydrogen) atoms. The Hall–Kier alpha value is -0.730. The monoisotopic (exact) mass is 242 g/mol. The Labute approximate surface area is 94.6 Å². The summed E-state index contributed by atoms with van der Waals surface area (Å²) in [6, 6.07) is 0. The van der Waals surface area contributed by atoms with E-state index >= 15 is 0 Å². The van der Waals surface area contributed by atoms with E-state index in [1.165, 1.54) is 20.8 Å². The largest absolute Gasteiger partial charge is 0.479 e. The van der Waals surface area contributed by atoms with Crippen LogP contribution in [0.4, 0.5) is 0 Å². The number of carbonyl (C=O) groups is 1. The van der Waals surface area contributed by atoms with Gasteiger partial charge < -0.3 is 30.6 Å². The second-order valence-electron chi connectivity index (χ2n) is 3.08. The summed E-state index contributed by atoms with van der Waals surface area (Å²) in [5, 5.41) is 47.8. The highest BCUT2D eigenvalue weighted by Crippen LogP contribution is 1.73. The van der Waals surface area contributed by atoms with Gasteiger partial charge in [0.15, 0.2) is 0 Å². The maximum Gasteiger partial charge on any atom is 0.332 e. The number of carboxylic acid groups (broad SMARTS) is 1. The van der Waals surface area contributed by atoms with Crippen molar-refractivity contribution < 1.29 is 35.4 Å². The number of aliphatic hydroxyl groups excluding tert-OH is 5. The topological polar surface area (TPSA) is 138 Å². The summed E-state index contributed by atoms with van der Waals surface area (Å²) >= 11 is 0. The third-order valence-electron chi connectivity index (χ3n) is 0.886. The Bertz CT molecular complexity index is 137. The molecule has 7 nitrogen and oxygen atoms in total. The van der Waals surface area contributed by atoms with Crippen LogP contribution in [0.3, 0.4) is 0 Å². The minimum atomic E-state index is -1.23. The lowest BCUT2D eigenvalue weighted by molar-refractivity contribution is -0.145. The number of hydrogen-bond acceptors (Lipinski definition) is 6. The summed E-state index contributed by atoms with van der Waals surface area (Å²) in [7, 11) is 0. The van der Waals surface area contributed by atoms with E-state index in [0.29, 0.717) is 0 Å². The molecule has 0 aliphatic rings. The summed E-state index contributed by atoms with van der Waals surface area (Å²) in [5.74, 6) is -1.19. The molecular formula is C9H22O7. The molecule has 0 saturated carbocycles. The van der Waals surface area contributed by atoms with Crippen molar-refractivity contribution in [3.63, 3.8) is 0 Å². The second-order valence-corrected chi connectivity index (χ2v) is 3.08. The van der Waals surface area contributed by atoms with Crippen molar-refractivity contribution in [2.24, 2.45) is 0 Å². The minimum Gasteiger partial charge on any atom is -0.479 e. The fourth-order valence-corrected chi connectivity index (χ4v) is 0. The molecule has 7 heteroatoms. The molecule has 0 aromatic heterocycles. The predicted molar refractivity (Wildman–Crippen MR) is 56.8 cm³/mol. The summed E-state index contributed by atoms with van der Waals surface area (Å²) in [5.41, 5.74) is 0. The van der Waals surface area contributed by atoms with Gasteiger partial charge in [0.1, 0.15) is 6.10 Å². The van der Waals surface area contributed by atoms with Crippen LogP contribution in [0.1, 0.15) is 20.8 Å². The van der Waals surface area contributed by atoms with Crippen LogP contribution >= 0.6 is 0 Å². The molecule has 0 aliphatic carbocycles. The first-order valence-electron chi connectivity index (χ1n) is 4.67. The van der Waals surface area contributed by atoms with Gasteiger partial charge in [0.05, 0.1) is 25.4 Å². The lowest BCUT2D eigenvalue weighted by Gasteiger charge is -1.90. The van der Waals surface area contributed by atoms with Crippen molar-refractivity contribution in [3.05, 3.63) is 0 Å². The molecule has 0 amide bonds. The molecule has 0 fully saturated rings. The molecule has 0 saturated heterocycles.